The summed E-state index contributed by atoms with van der Waals surface area (Å²) in [5.41, 5.74) is 4.54. The van der Waals surface area contributed by atoms with Gasteiger partial charge in [-0.1, -0.05) is 36.4 Å². The van der Waals surface area contributed by atoms with Crippen molar-refractivity contribution in [1.82, 2.24) is 4.90 Å². The van der Waals surface area contributed by atoms with Crippen LogP contribution in [-0.2, 0) is 17.6 Å². The topological polar surface area (TPSA) is 44.8 Å². The van der Waals surface area contributed by atoms with Crippen LogP contribution < -0.4 is 10.2 Å². The van der Waals surface area contributed by atoms with E-state index in [2.05, 4.69) is 41.5 Å². The Morgan fingerprint density at radius 1 is 1.27 bits per heavy atom. The molecule has 1 heterocycles. The van der Waals surface area contributed by atoms with Crippen molar-refractivity contribution in [1.29, 1.82) is 0 Å². The minimum Gasteiger partial charge on any atom is -0.383 e. The molecule has 1 aliphatic heterocycles. The Morgan fingerprint density at radius 2 is 2.04 bits per heavy atom. The molecule has 1 aliphatic rings. The van der Waals surface area contributed by atoms with Gasteiger partial charge in [-0.05, 0) is 36.1 Å². The molecule has 26 heavy (non-hydrogen) atoms. The third-order valence-electron chi connectivity index (χ3n) is 5.01. The third kappa shape index (κ3) is 4.17. The number of anilines is 2. The Balaban J connectivity index is 1.68. The number of methoxy groups -OCH3 is 1. The summed E-state index contributed by atoms with van der Waals surface area (Å²) in [7, 11) is 5.57. The molecule has 1 N–H and O–H groups in total. The molecule has 0 saturated carbocycles. The maximum absolute atomic E-state index is 12.7. The minimum atomic E-state index is -0.122. The highest BCUT2D eigenvalue weighted by molar-refractivity contribution is 5.90. The van der Waals surface area contributed by atoms with Gasteiger partial charge in [-0.2, -0.15) is 0 Å². The maximum atomic E-state index is 12.7. The number of nitrogens with one attached hydrogen (secondary N) is 1. The smallest absolute Gasteiger partial charge is 0.321 e. The second kappa shape index (κ2) is 8.23. The molecule has 0 unspecified atom stereocenters. The van der Waals surface area contributed by atoms with E-state index < -0.39 is 0 Å². The van der Waals surface area contributed by atoms with E-state index in [9.17, 15) is 4.79 Å². The Kier molecular flexibility index (Phi) is 5.78. The van der Waals surface area contributed by atoms with Crippen molar-refractivity contribution in [3.05, 3.63) is 59.7 Å². The van der Waals surface area contributed by atoms with Crippen LogP contribution in [0.5, 0.6) is 0 Å². The number of likely N-dealkylation sites (N-methyl/N-ethyl adjacent to an activating group) is 2. The first-order valence-electron chi connectivity index (χ1n) is 8.99. The fourth-order valence-corrected chi connectivity index (χ4v) is 3.38. The average Bonchev–Trinajstić information content (AvgIpc) is 3.02. The van der Waals surface area contributed by atoms with Gasteiger partial charge in [-0.15, -0.1) is 0 Å². The molecule has 2 aromatic rings. The summed E-state index contributed by atoms with van der Waals surface area (Å²) < 4.78 is 5.34. The SMILES string of the molecule is COC[C@@H](Cc1ccccc1)N(C)C(=O)Nc1ccc2c(c1)N(C)CC2. The van der Waals surface area contributed by atoms with Gasteiger partial charge in [0.15, 0.2) is 0 Å². The van der Waals surface area contributed by atoms with E-state index >= 15 is 0 Å². The van der Waals surface area contributed by atoms with Crippen LogP contribution in [0.25, 0.3) is 0 Å². The first-order valence-corrected chi connectivity index (χ1v) is 8.99. The Bertz CT molecular complexity index is 748. The molecule has 0 spiro atoms. The predicted octanol–water partition coefficient (Wildman–Crippen LogP) is 3.40. The van der Waals surface area contributed by atoms with E-state index in [4.69, 9.17) is 4.74 Å². The van der Waals surface area contributed by atoms with Crippen molar-refractivity contribution in [2.45, 2.75) is 18.9 Å². The van der Waals surface area contributed by atoms with Gasteiger partial charge in [-0.25, -0.2) is 4.79 Å². The van der Waals surface area contributed by atoms with Crippen LogP contribution >= 0.6 is 0 Å². The van der Waals surface area contributed by atoms with Gasteiger partial charge >= 0.3 is 6.03 Å². The van der Waals surface area contributed by atoms with E-state index in [1.54, 1.807) is 12.0 Å². The second-order valence-corrected chi connectivity index (χ2v) is 6.85. The van der Waals surface area contributed by atoms with Gasteiger partial charge in [0.25, 0.3) is 0 Å². The van der Waals surface area contributed by atoms with Crippen LogP contribution in [-0.4, -0.2) is 51.3 Å². The van der Waals surface area contributed by atoms with Gasteiger partial charge in [0.1, 0.15) is 0 Å². The lowest BCUT2D eigenvalue weighted by Crippen LogP contribution is -2.43. The van der Waals surface area contributed by atoms with Crippen molar-refractivity contribution in [3.8, 4) is 0 Å². The Morgan fingerprint density at radius 3 is 2.77 bits per heavy atom. The number of carbonyl (C=O) groups excluding carboxylic acids is 1. The van der Waals surface area contributed by atoms with Crippen LogP contribution in [0.15, 0.2) is 48.5 Å². The molecular weight excluding hydrogens is 326 g/mol. The molecule has 0 radical (unpaired) electrons. The Labute approximate surface area is 155 Å². The molecule has 0 saturated heterocycles. The number of hydrogen-bond donors (Lipinski definition) is 1. The highest BCUT2D eigenvalue weighted by Gasteiger charge is 2.22. The minimum absolute atomic E-state index is 0.0282. The molecule has 0 aliphatic carbocycles. The fourth-order valence-electron chi connectivity index (χ4n) is 3.38. The lowest BCUT2D eigenvalue weighted by molar-refractivity contribution is 0.120. The van der Waals surface area contributed by atoms with Crippen LogP contribution in [0.1, 0.15) is 11.1 Å². The van der Waals surface area contributed by atoms with Gasteiger partial charge in [0.2, 0.25) is 0 Å². The van der Waals surface area contributed by atoms with E-state index in [1.165, 1.54) is 16.8 Å². The first kappa shape index (κ1) is 18.3. The van der Waals surface area contributed by atoms with Crippen LogP contribution in [0.2, 0.25) is 0 Å². The molecule has 3 rings (SSSR count). The molecule has 0 fully saturated rings. The van der Waals surface area contributed by atoms with Crippen molar-refractivity contribution in [3.63, 3.8) is 0 Å². The van der Waals surface area contributed by atoms with Crippen molar-refractivity contribution in [2.24, 2.45) is 0 Å². The third-order valence-corrected chi connectivity index (χ3v) is 5.01. The van der Waals surface area contributed by atoms with E-state index in [0.717, 1.165) is 25.1 Å². The highest BCUT2D eigenvalue weighted by Crippen LogP contribution is 2.29. The van der Waals surface area contributed by atoms with E-state index in [-0.39, 0.29) is 12.1 Å². The summed E-state index contributed by atoms with van der Waals surface area (Å²) in [5.74, 6) is 0. The predicted molar refractivity (Wildman–Crippen MR) is 106 cm³/mol. The monoisotopic (exact) mass is 353 g/mol. The van der Waals surface area contributed by atoms with Gasteiger partial charge in [0, 0.05) is 39.1 Å². The van der Waals surface area contributed by atoms with E-state index in [0.29, 0.717) is 6.61 Å². The van der Waals surface area contributed by atoms with Crippen LogP contribution in [0.4, 0.5) is 16.2 Å². The van der Waals surface area contributed by atoms with E-state index in [1.807, 2.05) is 31.3 Å². The second-order valence-electron chi connectivity index (χ2n) is 6.85. The number of fused-ring (bicyclic) bond motifs is 1. The number of rotatable bonds is 6. The van der Waals surface area contributed by atoms with Crippen LogP contribution in [0, 0.1) is 0 Å². The molecular formula is C21H27N3O2. The van der Waals surface area contributed by atoms with Crippen LogP contribution in [0.3, 0.4) is 0 Å². The summed E-state index contributed by atoms with van der Waals surface area (Å²) in [4.78, 5) is 16.7. The average molecular weight is 353 g/mol. The zero-order valence-corrected chi connectivity index (χ0v) is 15.7. The number of ether oxygens (including phenoxy) is 1. The quantitative estimate of drug-likeness (QED) is 0.866. The molecule has 0 aromatic heterocycles. The van der Waals surface area contributed by atoms with Crippen molar-refractivity contribution in [2.75, 3.05) is 44.6 Å². The number of hydrogen-bond acceptors (Lipinski definition) is 3. The normalized spacial score (nSPS) is 14.0. The molecule has 2 aromatic carbocycles. The molecule has 5 heteroatoms. The molecule has 2 amide bonds. The largest absolute Gasteiger partial charge is 0.383 e. The number of carbonyl (C=O) groups is 1. The molecule has 5 nitrogen and oxygen atoms in total. The lowest BCUT2D eigenvalue weighted by atomic mass is 10.1. The lowest BCUT2D eigenvalue weighted by Gasteiger charge is -2.28. The molecule has 0 bridgehead atoms. The Hall–Kier alpha value is -2.53. The summed E-state index contributed by atoms with van der Waals surface area (Å²) >= 11 is 0. The van der Waals surface area contributed by atoms with Gasteiger partial charge in [0.05, 0.1) is 12.6 Å². The number of amides is 2. The summed E-state index contributed by atoms with van der Waals surface area (Å²) in [6.07, 6.45) is 1.82. The number of urea groups is 1. The van der Waals surface area contributed by atoms with Crippen molar-refractivity contribution >= 4 is 17.4 Å². The standard InChI is InChI=1S/C21H27N3O2/c1-23-12-11-17-9-10-18(14-20(17)23)22-21(25)24(2)19(15-26-3)13-16-7-5-4-6-8-16/h4-10,14,19H,11-13,15H2,1-3H3,(H,22,25)/t19-/m1/s1. The van der Waals surface area contributed by atoms with Gasteiger partial charge < -0.3 is 19.9 Å². The number of nitrogens with zero attached hydrogens (tertiary/aromatic N) is 2. The number of benzene rings is 2. The molecule has 1 atom stereocenters. The maximum Gasteiger partial charge on any atom is 0.321 e. The van der Waals surface area contributed by atoms with Gasteiger partial charge in [-0.3, -0.25) is 0 Å². The highest BCUT2D eigenvalue weighted by atomic mass is 16.5. The zero-order chi connectivity index (χ0) is 18.5. The summed E-state index contributed by atoms with van der Waals surface area (Å²) in [6.45, 7) is 1.52. The summed E-state index contributed by atoms with van der Waals surface area (Å²) in [5, 5.41) is 3.02. The fraction of sp³-hybridized carbons (Fsp3) is 0.381. The van der Waals surface area contributed by atoms with Crippen molar-refractivity contribution < 1.29 is 9.53 Å². The zero-order valence-electron chi connectivity index (χ0n) is 15.7. The summed E-state index contributed by atoms with van der Waals surface area (Å²) in [6, 6.07) is 16.2. The molecule has 138 valence electrons. The first-order chi connectivity index (χ1) is 12.6.